The number of hydrogen-bond acceptors (Lipinski definition) is 4. The van der Waals surface area contributed by atoms with Crippen molar-refractivity contribution in [2.75, 3.05) is 6.61 Å². The maximum Gasteiger partial charge on any atom is 0.410 e. The van der Waals surface area contributed by atoms with Crippen molar-refractivity contribution in [3.05, 3.63) is 48.6 Å². The lowest BCUT2D eigenvalue weighted by Crippen LogP contribution is -2.63. The van der Waals surface area contributed by atoms with Gasteiger partial charge in [0.1, 0.15) is 6.61 Å². The highest BCUT2D eigenvalue weighted by Crippen LogP contribution is 2.35. The maximum absolute atomic E-state index is 12.8. The molecule has 0 aliphatic carbocycles. The third kappa shape index (κ3) is 4.18. The lowest BCUT2D eigenvalue weighted by Gasteiger charge is -2.50. The van der Waals surface area contributed by atoms with E-state index in [9.17, 15) is 4.79 Å². The molecule has 2 fully saturated rings. The van der Waals surface area contributed by atoms with Gasteiger partial charge in [-0.25, -0.2) is 4.79 Å². The Balaban J connectivity index is 1.71. The first kappa shape index (κ1) is 17.9. The van der Waals surface area contributed by atoms with Gasteiger partial charge in [0.2, 0.25) is 6.58 Å². The molecule has 2 aliphatic rings. The average molecular weight is 344 g/mol. The minimum atomic E-state index is -0.617. The van der Waals surface area contributed by atoms with E-state index in [1.54, 1.807) is 11.0 Å². The van der Waals surface area contributed by atoms with Crippen LogP contribution >= 0.6 is 0 Å². The number of piperidine rings is 1. The molecule has 2 saturated heterocycles. The minimum absolute atomic E-state index is 0.0166. The Kier molecular flexibility index (Phi) is 5.38. The fourth-order valence-electron chi connectivity index (χ4n) is 3.61. The van der Waals surface area contributed by atoms with E-state index < -0.39 is 5.79 Å². The van der Waals surface area contributed by atoms with Crippen molar-refractivity contribution in [1.29, 1.82) is 0 Å². The Bertz CT molecular complexity index is 601. The summed E-state index contributed by atoms with van der Waals surface area (Å²) in [4.78, 5) is 14.6. The highest BCUT2D eigenvalue weighted by molar-refractivity contribution is 5.69. The number of hydrogen-bond donors (Lipinski definition) is 0. The number of likely N-dealkylation sites (tertiary alicyclic amines) is 1. The topological polar surface area (TPSA) is 48.0 Å². The first-order valence-corrected chi connectivity index (χ1v) is 8.84. The van der Waals surface area contributed by atoms with Gasteiger partial charge in [0.25, 0.3) is 0 Å². The van der Waals surface area contributed by atoms with E-state index in [4.69, 9.17) is 20.8 Å². The van der Waals surface area contributed by atoms with E-state index in [1.807, 2.05) is 44.2 Å². The van der Waals surface area contributed by atoms with Gasteiger partial charge in [-0.15, -0.1) is 0 Å². The second-order valence-electron chi connectivity index (χ2n) is 7.08. The predicted octanol–water partition coefficient (Wildman–Crippen LogP) is 3.69. The summed E-state index contributed by atoms with van der Waals surface area (Å²) in [7, 11) is 0. The largest absolute Gasteiger partial charge is 0.445 e. The van der Waals surface area contributed by atoms with Crippen LogP contribution in [0.2, 0.25) is 0 Å². The smallest absolute Gasteiger partial charge is 0.410 e. The summed E-state index contributed by atoms with van der Waals surface area (Å²) in [5.74, 6) is -0.617. The van der Waals surface area contributed by atoms with Crippen molar-refractivity contribution >= 4 is 6.09 Å². The third-order valence-electron chi connectivity index (χ3n) is 4.83. The zero-order chi connectivity index (χ0) is 17.9. The van der Waals surface area contributed by atoms with Gasteiger partial charge >= 0.3 is 6.09 Å². The van der Waals surface area contributed by atoms with E-state index in [2.05, 4.69) is 0 Å². The quantitative estimate of drug-likeness (QED) is 0.782. The van der Waals surface area contributed by atoms with Gasteiger partial charge in [-0.1, -0.05) is 30.3 Å². The fourth-order valence-corrected chi connectivity index (χ4v) is 3.61. The molecule has 0 unspecified atom stereocenters. The number of nitrogens with zero attached hydrogens (tertiary/aromatic N) is 1. The summed E-state index contributed by atoms with van der Waals surface area (Å²) in [6.07, 6.45) is 3.59. The molecule has 1 aromatic rings. The lowest BCUT2D eigenvalue weighted by atomic mass is 9.91. The van der Waals surface area contributed by atoms with Crippen LogP contribution in [0, 0.1) is 6.58 Å². The summed E-state index contributed by atoms with van der Waals surface area (Å²) in [5.41, 5.74) is 0.962. The van der Waals surface area contributed by atoms with Crippen LogP contribution in [-0.4, -0.2) is 41.6 Å². The van der Waals surface area contributed by atoms with Gasteiger partial charge < -0.3 is 14.2 Å². The van der Waals surface area contributed by atoms with Gasteiger partial charge in [0.05, 0.1) is 18.8 Å². The van der Waals surface area contributed by atoms with Crippen LogP contribution in [0.3, 0.4) is 0 Å². The summed E-state index contributed by atoms with van der Waals surface area (Å²) < 4.78 is 17.4. The average Bonchev–Trinajstić information content (AvgIpc) is 2.60. The molecule has 3 atom stereocenters. The number of carbonyl (C=O) groups is 1. The number of benzene rings is 1. The van der Waals surface area contributed by atoms with Gasteiger partial charge in [-0.3, -0.25) is 4.90 Å². The second kappa shape index (κ2) is 7.52. The normalized spacial score (nSPS) is 28.0. The molecule has 1 amide bonds. The van der Waals surface area contributed by atoms with Crippen molar-refractivity contribution < 1.29 is 19.0 Å². The van der Waals surface area contributed by atoms with E-state index in [1.165, 1.54) is 0 Å². The Hall–Kier alpha value is -1.94. The summed E-state index contributed by atoms with van der Waals surface area (Å²) >= 11 is 0. The highest BCUT2D eigenvalue weighted by Gasteiger charge is 2.47. The van der Waals surface area contributed by atoms with E-state index in [0.717, 1.165) is 18.4 Å². The molecule has 3 rings (SSSR count). The Morgan fingerprint density at radius 3 is 2.84 bits per heavy atom. The van der Waals surface area contributed by atoms with Gasteiger partial charge in [0.15, 0.2) is 11.9 Å². The van der Waals surface area contributed by atoms with Gasteiger partial charge in [0, 0.05) is 12.5 Å². The third-order valence-corrected chi connectivity index (χ3v) is 4.83. The van der Waals surface area contributed by atoms with Gasteiger partial charge in [-0.2, -0.15) is 0 Å². The molecule has 2 heterocycles. The number of carbonyl (C=O) groups excluding carboxylic acids is 1. The molecular formula is C20H26NO4+. The fraction of sp³-hybridized carbons (Fsp3) is 0.550. The first-order valence-electron chi connectivity index (χ1n) is 8.84. The Morgan fingerprint density at radius 1 is 1.36 bits per heavy atom. The van der Waals surface area contributed by atoms with Crippen LogP contribution in [0.5, 0.6) is 0 Å². The van der Waals surface area contributed by atoms with Crippen molar-refractivity contribution in [1.82, 2.24) is 4.90 Å². The van der Waals surface area contributed by atoms with E-state index >= 15 is 0 Å². The molecule has 0 aromatic heterocycles. The standard InChI is InChI=1S/C20H26NO4/c1-4-8-16-11-12-18-17(14-24-20(2,3)25-18)21(16)19(22)23-13-15-9-6-5-7-10-15/h1,4-7,9-10,16-18H,8,11-14H2,2-3H3/q+1/t16-,17-,18+/m1/s1. The van der Waals surface area contributed by atoms with Crippen LogP contribution in [0.25, 0.3) is 0 Å². The van der Waals surface area contributed by atoms with Crippen LogP contribution in [0.1, 0.15) is 38.7 Å². The Morgan fingerprint density at radius 2 is 2.12 bits per heavy atom. The van der Waals surface area contributed by atoms with E-state index in [-0.39, 0.29) is 30.9 Å². The predicted molar refractivity (Wildman–Crippen MR) is 93.7 cm³/mol. The molecule has 1 aromatic carbocycles. The molecule has 0 radical (unpaired) electrons. The molecule has 2 aliphatic heterocycles. The molecule has 0 N–H and O–H groups in total. The van der Waals surface area contributed by atoms with Gasteiger partial charge in [-0.05, 0) is 32.3 Å². The highest BCUT2D eigenvalue weighted by atomic mass is 16.7. The Labute approximate surface area is 149 Å². The van der Waals surface area contributed by atoms with Crippen molar-refractivity contribution in [3.8, 4) is 0 Å². The van der Waals surface area contributed by atoms with Crippen LogP contribution in [0.15, 0.2) is 36.4 Å². The van der Waals surface area contributed by atoms with Crippen LogP contribution in [0.4, 0.5) is 4.79 Å². The van der Waals surface area contributed by atoms with Crippen molar-refractivity contribution in [2.24, 2.45) is 0 Å². The molecule has 134 valence electrons. The monoisotopic (exact) mass is 344 g/mol. The number of fused-ring (bicyclic) bond motifs is 1. The van der Waals surface area contributed by atoms with E-state index in [0.29, 0.717) is 13.0 Å². The number of ether oxygens (including phenoxy) is 3. The first-order chi connectivity index (χ1) is 12.0. The molecule has 0 saturated carbocycles. The molecule has 0 bridgehead atoms. The minimum Gasteiger partial charge on any atom is -0.445 e. The lowest BCUT2D eigenvalue weighted by molar-refractivity contribution is -0.301. The molecule has 5 nitrogen and oxygen atoms in total. The summed E-state index contributed by atoms with van der Waals surface area (Å²) in [5, 5.41) is 0. The molecule has 5 heteroatoms. The molecular weight excluding hydrogens is 318 g/mol. The number of amides is 1. The SMILES string of the molecule is [CH+]=CC[C@@H]1CC[C@@H]2OC(C)(C)OC[C@H]2N1C(=O)OCc1ccccc1. The molecule has 0 spiro atoms. The van der Waals surface area contributed by atoms with Crippen LogP contribution < -0.4 is 0 Å². The van der Waals surface area contributed by atoms with Crippen LogP contribution in [-0.2, 0) is 20.8 Å². The molecule has 25 heavy (non-hydrogen) atoms. The maximum atomic E-state index is 12.8. The van der Waals surface area contributed by atoms with Crippen molar-refractivity contribution in [2.45, 2.75) is 63.7 Å². The summed E-state index contributed by atoms with van der Waals surface area (Å²) in [6, 6.07) is 9.54. The zero-order valence-corrected chi connectivity index (χ0v) is 14.9. The second-order valence-corrected chi connectivity index (χ2v) is 7.08. The van der Waals surface area contributed by atoms with Crippen molar-refractivity contribution in [3.63, 3.8) is 0 Å². The summed E-state index contributed by atoms with van der Waals surface area (Å²) in [6.45, 7) is 10.1. The zero-order valence-electron chi connectivity index (χ0n) is 14.9. The number of rotatable bonds is 4.